The Labute approximate surface area is 171 Å². The Morgan fingerprint density at radius 2 is 2.03 bits per heavy atom. The van der Waals surface area contributed by atoms with Gasteiger partial charge in [0.1, 0.15) is 5.76 Å². The summed E-state index contributed by atoms with van der Waals surface area (Å²) in [5, 5.41) is 2.92. The van der Waals surface area contributed by atoms with Gasteiger partial charge >= 0.3 is 6.03 Å². The van der Waals surface area contributed by atoms with E-state index in [4.69, 9.17) is 4.42 Å². The first-order chi connectivity index (χ1) is 14.1. The molecule has 4 heterocycles. The number of nitrogens with one attached hydrogen (secondary N) is 1. The van der Waals surface area contributed by atoms with Crippen molar-refractivity contribution >= 4 is 11.9 Å². The lowest BCUT2D eigenvalue weighted by Crippen LogP contribution is -2.53. The molecule has 0 unspecified atom stereocenters. The van der Waals surface area contributed by atoms with Crippen LogP contribution in [0.3, 0.4) is 0 Å². The standard InChI is InChI=1S/C22H28N4O3/c27-20-6-8-22(17-26(20)12-7-18-4-1-2-11-23-18)9-13-25(14-10-22)21(28)24-16-19-5-3-15-29-19/h1-5,11,15H,6-10,12-14,16-17H2,(H,24,28). The molecule has 29 heavy (non-hydrogen) atoms. The Morgan fingerprint density at radius 1 is 1.17 bits per heavy atom. The number of hydrogen-bond donors (Lipinski definition) is 1. The highest BCUT2D eigenvalue weighted by Gasteiger charge is 2.41. The predicted octanol–water partition coefficient (Wildman–Crippen LogP) is 2.83. The molecule has 0 aromatic carbocycles. The number of pyridine rings is 1. The number of urea groups is 1. The highest BCUT2D eigenvalue weighted by atomic mass is 16.3. The zero-order valence-electron chi connectivity index (χ0n) is 16.7. The summed E-state index contributed by atoms with van der Waals surface area (Å²) in [4.78, 5) is 33.1. The van der Waals surface area contributed by atoms with Gasteiger partial charge in [-0.1, -0.05) is 6.07 Å². The topological polar surface area (TPSA) is 78.7 Å². The summed E-state index contributed by atoms with van der Waals surface area (Å²) in [6.07, 6.45) is 7.59. The van der Waals surface area contributed by atoms with Crippen molar-refractivity contribution in [1.29, 1.82) is 0 Å². The molecule has 1 N–H and O–H groups in total. The molecule has 0 bridgehead atoms. The van der Waals surface area contributed by atoms with Crippen molar-refractivity contribution in [2.75, 3.05) is 26.2 Å². The number of rotatable bonds is 5. The summed E-state index contributed by atoms with van der Waals surface area (Å²) >= 11 is 0. The first-order valence-corrected chi connectivity index (χ1v) is 10.4. The molecule has 2 aliphatic heterocycles. The smallest absolute Gasteiger partial charge is 0.317 e. The molecule has 1 spiro atoms. The van der Waals surface area contributed by atoms with Crippen LogP contribution < -0.4 is 5.32 Å². The normalized spacial score (nSPS) is 18.8. The number of carbonyl (C=O) groups is 2. The van der Waals surface area contributed by atoms with Crippen molar-refractivity contribution in [3.8, 4) is 0 Å². The van der Waals surface area contributed by atoms with Gasteiger partial charge in [-0.2, -0.15) is 0 Å². The first-order valence-electron chi connectivity index (χ1n) is 10.4. The number of amides is 3. The van der Waals surface area contributed by atoms with Crippen LogP contribution in [0.15, 0.2) is 47.2 Å². The number of furan rings is 1. The van der Waals surface area contributed by atoms with Crippen LogP contribution in [-0.2, 0) is 17.8 Å². The largest absolute Gasteiger partial charge is 0.467 e. The van der Waals surface area contributed by atoms with E-state index in [9.17, 15) is 9.59 Å². The number of hydrogen-bond acceptors (Lipinski definition) is 4. The molecular formula is C22H28N4O3. The van der Waals surface area contributed by atoms with Crippen LogP contribution in [0, 0.1) is 5.41 Å². The molecule has 2 aromatic heterocycles. The van der Waals surface area contributed by atoms with E-state index in [1.165, 1.54) is 0 Å². The molecule has 0 radical (unpaired) electrons. The number of piperidine rings is 2. The third-order valence-electron chi connectivity index (χ3n) is 6.22. The molecule has 154 valence electrons. The Morgan fingerprint density at radius 3 is 2.76 bits per heavy atom. The molecule has 2 aromatic rings. The SMILES string of the molecule is O=C1CCC2(CCN(C(=O)NCc3ccco3)CC2)CN1CCc1ccccn1. The van der Waals surface area contributed by atoms with Crippen LogP contribution in [-0.4, -0.2) is 52.9 Å². The highest BCUT2D eigenvalue weighted by Crippen LogP contribution is 2.40. The van der Waals surface area contributed by atoms with Gasteiger partial charge in [-0.15, -0.1) is 0 Å². The molecule has 0 aliphatic carbocycles. The molecule has 0 saturated carbocycles. The molecule has 7 nitrogen and oxygen atoms in total. The van der Waals surface area contributed by atoms with Gasteiger partial charge in [-0.3, -0.25) is 9.78 Å². The minimum atomic E-state index is -0.0462. The van der Waals surface area contributed by atoms with Gasteiger partial charge in [0.15, 0.2) is 0 Å². The van der Waals surface area contributed by atoms with E-state index in [1.54, 1.807) is 12.5 Å². The summed E-state index contributed by atoms with van der Waals surface area (Å²) < 4.78 is 5.26. The van der Waals surface area contributed by atoms with E-state index in [1.807, 2.05) is 40.1 Å². The van der Waals surface area contributed by atoms with Crippen molar-refractivity contribution < 1.29 is 14.0 Å². The first kappa shape index (κ1) is 19.5. The quantitative estimate of drug-likeness (QED) is 0.843. The number of carbonyl (C=O) groups excluding carboxylic acids is 2. The summed E-state index contributed by atoms with van der Waals surface area (Å²) in [6.45, 7) is 3.37. The predicted molar refractivity (Wildman–Crippen MR) is 108 cm³/mol. The van der Waals surface area contributed by atoms with Crippen LogP contribution in [0.25, 0.3) is 0 Å². The Bertz CT molecular complexity index is 814. The van der Waals surface area contributed by atoms with Crippen LogP contribution in [0.1, 0.15) is 37.1 Å². The zero-order chi connectivity index (χ0) is 20.1. The third-order valence-corrected chi connectivity index (χ3v) is 6.22. The minimum absolute atomic E-state index is 0.0462. The van der Waals surface area contributed by atoms with Crippen molar-refractivity contribution in [3.05, 3.63) is 54.2 Å². The van der Waals surface area contributed by atoms with Crippen LogP contribution >= 0.6 is 0 Å². The van der Waals surface area contributed by atoms with Crippen LogP contribution in [0.2, 0.25) is 0 Å². The molecule has 0 atom stereocenters. The average molecular weight is 396 g/mol. The van der Waals surface area contributed by atoms with Crippen LogP contribution in [0.4, 0.5) is 4.79 Å². The zero-order valence-corrected chi connectivity index (χ0v) is 16.7. The second kappa shape index (κ2) is 8.68. The van der Waals surface area contributed by atoms with E-state index in [0.29, 0.717) is 19.5 Å². The van der Waals surface area contributed by atoms with Gasteiger partial charge in [0.05, 0.1) is 12.8 Å². The average Bonchev–Trinajstić information content (AvgIpc) is 3.28. The van der Waals surface area contributed by atoms with E-state index in [0.717, 1.165) is 56.8 Å². The van der Waals surface area contributed by atoms with Gasteiger partial charge in [-0.25, -0.2) is 4.79 Å². The summed E-state index contributed by atoms with van der Waals surface area (Å²) in [7, 11) is 0. The third kappa shape index (κ3) is 4.78. The maximum atomic E-state index is 12.4. The van der Waals surface area contributed by atoms with Gasteiger partial charge in [-0.05, 0) is 48.9 Å². The Hall–Kier alpha value is -2.83. The van der Waals surface area contributed by atoms with Gasteiger partial charge in [0.25, 0.3) is 0 Å². The lowest BCUT2D eigenvalue weighted by molar-refractivity contribution is -0.138. The highest BCUT2D eigenvalue weighted by molar-refractivity contribution is 5.77. The maximum Gasteiger partial charge on any atom is 0.317 e. The monoisotopic (exact) mass is 396 g/mol. The second-order valence-corrected chi connectivity index (χ2v) is 8.11. The molecule has 7 heteroatoms. The Kier molecular flexibility index (Phi) is 5.83. The number of aromatic nitrogens is 1. The fourth-order valence-electron chi connectivity index (χ4n) is 4.38. The van der Waals surface area contributed by atoms with E-state index in [2.05, 4.69) is 10.3 Å². The maximum absolute atomic E-state index is 12.4. The molecule has 2 fully saturated rings. The van der Waals surface area contributed by atoms with Gasteiger partial charge in [0.2, 0.25) is 5.91 Å². The fourth-order valence-corrected chi connectivity index (χ4v) is 4.38. The van der Waals surface area contributed by atoms with E-state index in [-0.39, 0.29) is 17.4 Å². The summed E-state index contributed by atoms with van der Waals surface area (Å²) in [6, 6.07) is 9.51. The molecule has 4 rings (SSSR count). The van der Waals surface area contributed by atoms with Gasteiger partial charge < -0.3 is 19.5 Å². The summed E-state index contributed by atoms with van der Waals surface area (Å²) in [5.74, 6) is 0.992. The molecular weight excluding hydrogens is 368 g/mol. The Balaban J connectivity index is 1.27. The van der Waals surface area contributed by atoms with Crippen LogP contribution in [0.5, 0.6) is 0 Å². The van der Waals surface area contributed by atoms with Crippen molar-refractivity contribution in [1.82, 2.24) is 20.1 Å². The fraction of sp³-hybridized carbons (Fsp3) is 0.500. The van der Waals surface area contributed by atoms with Gasteiger partial charge in [0, 0.05) is 50.9 Å². The number of nitrogens with zero attached hydrogens (tertiary/aromatic N) is 3. The minimum Gasteiger partial charge on any atom is -0.467 e. The molecule has 2 aliphatic rings. The van der Waals surface area contributed by atoms with Crippen molar-refractivity contribution in [3.63, 3.8) is 0 Å². The van der Waals surface area contributed by atoms with E-state index < -0.39 is 0 Å². The second-order valence-electron chi connectivity index (χ2n) is 8.11. The van der Waals surface area contributed by atoms with Crippen molar-refractivity contribution in [2.24, 2.45) is 5.41 Å². The van der Waals surface area contributed by atoms with Crippen molar-refractivity contribution in [2.45, 2.75) is 38.6 Å². The number of likely N-dealkylation sites (tertiary alicyclic amines) is 2. The molecule has 2 saturated heterocycles. The van der Waals surface area contributed by atoms with E-state index >= 15 is 0 Å². The molecule has 3 amide bonds. The lowest BCUT2D eigenvalue weighted by Gasteiger charge is -2.47. The lowest BCUT2D eigenvalue weighted by atomic mass is 9.72. The summed E-state index contributed by atoms with van der Waals surface area (Å²) in [5.41, 5.74) is 1.15.